The van der Waals surface area contributed by atoms with Crippen molar-refractivity contribution in [3.8, 4) is 5.69 Å². The van der Waals surface area contributed by atoms with Gasteiger partial charge in [0.15, 0.2) is 10.8 Å². The highest BCUT2D eigenvalue weighted by molar-refractivity contribution is 7.22. The number of benzene rings is 1. The summed E-state index contributed by atoms with van der Waals surface area (Å²) in [5.41, 5.74) is 1.60. The molecular formula is C17H12Cl2N6OS. The molecule has 0 aliphatic rings. The van der Waals surface area contributed by atoms with E-state index in [0.717, 1.165) is 5.56 Å². The minimum atomic E-state index is -0.237. The predicted octanol–water partition coefficient (Wildman–Crippen LogP) is 4.30. The van der Waals surface area contributed by atoms with E-state index in [1.807, 2.05) is 19.1 Å². The number of aromatic nitrogens is 5. The van der Waals surface area contributed by atoms with Crippen molar-refractivity contribution in [2.24, 2.45) is 0 Å². The maximum atomic E-state index is 13.0. The van der Waals surface area contributed by atoms with Gasteiger partial charge in [-0.05, 0) is 25.5 Å². The fraction of sp³-hybridized carbons (Fsp3) is 0.118. The van der Waals surface area contributed by atoms with Crippen molar-refractivity contribution in [2.75, 3.05) is 5.32 Å². The van der Waals surface area contributed by atoms with Gasteiger partial charge in [0.25, 0.3) is 5.56 Å². The smallest absolute Gasteiger partial charge is 0.277 e. The number of thiazole rings is 1. The summed E-state index contributed by atoms with van der Waals surface area (Å²) < 4.78 is 1.85. The molecule has 0 fully saturated rings. The second kappa shape index (κ2) is 6.88. The van der Waals surface area contributed by atoms with Crippen molar-refractivity contribution in [1.29, 1.82) is 0 Å². The molecule has 0 amide bonds. The van der Waals surface area contributed by atoms with Crippen molar-refractivity contribution in [2.45, 2.75) is 13.8 Å². The number of para-hydroxylation sites is 1. The van der Waals surface area contributed by atoms with Crippen molar-refractivity contribution in [3.63, 3.8) is 0 Å². The second-order valence-electron chi connectivity index (χ2n) is 5.74. The maximum Gasteiger partial charge on any atom is 0.277 e. The first-order valence-electron chi connectivity index (χ1n) is 7.84. The Morgan fingerprint density at radius 1 is 1.15 bits per heavy atom. The van der Waals surface area contributed by atoms with E-state index in [9.17, 15) is 4.79 Å². The van der Waals surface area contributed by atoms with Crippen LogP contribution in [0.25, 0.3) is 16.0 Å². The Hall–Kier alpha value is -2.55. The normalized spacial score (nSPS) is 11.1. The number of rotatable bonds is 3. The van der Waals surface area contributed by atoms with Gasteiger partial charge in [0.1, 0.15) is 27.8 Å². The minimum absolute atomic E-state index is 0.237. The summed E-state index contributed by atoms with van der Waals surface area (Å²) in [7, 11) is 0. The van der Waals surface area contributed by atoms with Crippen LogP contribution in [0.5, 0.6) is 0 Å². The molecule has 1 aromatic carbocycles. The third-order valence-corrected chi connectivity index (χ3v) is 5.24. The summed E-state index contributed by atoms with van der Waals surface area (Å²) >= 11 is 13.4. The zero-order valence-electron chi connectivity index (χ0n) is 14.2. The molecule has 27 heavy (non-hydrogen) atoms. The van der Waals surface area contributed by atoms with E-state index in [4.69, 9.17) is 23.2 Å². The molecule has 0 aliphatic carbocycles. The monoisotopic (exact) mass is 418 g/mol. The number of halogens is 2. The van der Waals surface area contributed by atoms with Crippen LogP contribution in [0.15, 0.2) is 35.4 Å². The zero-order valence-corrected chi connectivity index (χ0v) is 16.5. The summed E-state index contributed by atoms with van der Waals surface area (Å²) in [6, 6.07) is 7.04. The molecule has 0 bridgehead atoms. The summed E-state index contributed by atoms with van der Waals surface area (Å²) in [5.74, 6) is 1.02. The van der Waals surface area contributed by atoms with Crippen molar-refractivity contribution in [1.82, 2.24) is 24.5 Å². The lowest BCUT2D eigenvalue weighted by atomic mass is 10.2. The Morgan fingerprint density at radius 2 is 1.96 bits per heavy atom. The minimum Gasteiger partial charge on any atom is -0.316 e. The first-order chi connectivity index (χ1) is 12.9. The van der Waals surface area contributed by atoms with E-state index in [1.165, 1.54) is 22.2 Å². The fourth-order valence-corrected chi connectivity index (χ4v) is 4.05. The molecule has 0 saturated heterocycles. The third-order valence-electron chi connectivity index (χ3n) is 3.79. The van der Waals surface area contributed by atoms with Gasteiger partial charge in [0.2, 0.25) is 0 Å². The molecule has 4 aromatic rings. The Morgan fingerprint density at radius 3 is 2.70 bits per heavy atom. The lowest BCUT2D eigenvalue weighted by Crippen LogP contribution is -2.19. The van der Waals surface area contributed by atoms with Gasteiger partial charge in [-0.1, -0.05) is 46.7 Å². The Balaban J connectivity index is 1.80. The van der Waals surface area contributed by atoms with Gasteiger partial charge in [-0.25, -0.2) is 15.0 Å². The van der Waals surface area contributed by atoms with E-state index in [1.54, 1.807) is 19.1 Å². The first-order valence-corrected chi connectivity index (χ1v) is 9.41. The summed E-state index contributed by atoms with van der Waals surface area (Å²) in [5, 5.41) is 4.32. The molecule has 0 spiro atoms. The van der Waals surface area contributed by atoms with E-state index in [0.29, 0.717) is 43.0 Å². The topological polar surface area (TPSA) is 85.6 Å². The number of hydrogen-bond donors (Lipinski definition) is 1. The molecule has 4 rings (SSSR count). The van der Waals surface area contributed by atoms with Crippen molar-refractivity contribution >= 4 is 55.8 Å². The van der Waals surface area contributed by atoms with Crippen LogP contribution >= 0.6 is 34.5 Å². The number of nitrogens with one attached hydrogen (secondary N) is 1. The van der Waals surface area contributed by atoms with E-state index < -0.39 is 0 Å². The second-order valence-corrected chi connectivity index (χ2v) is 7.54. The highest BCUT2D eigenvalue weighted by Crippen LogP contribution is 2.27. The molecular weight excluding hydrogens is 407 g/mol. The van der Waals surface area contributed by atoms with Crippen LogP contribution < -0.4 is 10.9 Å². The molecule has 0 radical (unpaired) electrons. The average molecular weight is 419 g/mol. The van der Waals surface area contributed by atoms with Gasteiger partial charge in [0.05, 0.1) is 10.7 Å². The molecule has 3 aromatic heterocycles. The molecule has 1 N–H and O–H groups in total. The summed E-state index contributed by atoms with van der Waals surface area (Å²) in [6.07, 6.45) is 1.44. The number of fused-ring (bicyclic) bond motifs is 1. The van der Waals surface area contributed by atoms with Gasteiger partial charge in [-0.2, -0.15) is 4.98 Å². The van der Waals surface area contributed by atoms with Crippen LogP contribution in [-0.4, -0.2) is 24.5 Å². The third kappa shape index (κ3) is 3.39. The van der Waals surface area contributed by atoms with E-state index in [2.05, 4.69) is 25.3 Å². The maximum absolute atomic E-state index is 13.0. The summed E-state index contributed by atoms with van der Waals surface area (Å²) in [4.78, 5) is 29.9. The predicted molar refractivity (Wildman–Crippen MR) is 108 cm³/mol. The molecule has 10 heteroatoms. The zero-order chi connectivity index (χ0) is 19.1. The lowest BCUT2D eigenvalue weighted by molar-refractivity contribution is 0.952. The molecule has 0 saturated carbocycles. The fourth-order valence-electron chi connectivity index (χ4n) is 2.66. The van der Waals surface area contributed by atoms with Gasteiger partial charge in [-0.15, -0.1) is 0 Å². The highest BCUT2D eigenvalue weighted by Gasteiger charge is 2.15. The molecule has 0 unspecified atom stereocenters. The van der Waals surface area contributed by atoms with Crippen LogP contribution in [0.3, 0.4) is 0 Å². The van der Waals surface area contributed by atoms with Crippen LogP contribution in [0.4, 0.5) is 10.9 Å². The SMILES string of the molecule is Cc1nc(Cl)cc(Nc2nc3ncn(-c4c(C)cccc4Cl)c(=O)c3s2)n1. The van der Waals surface area contributed by atoms with Crippen molar-refractivity contribution in [3.05, 3.63) is 62.5 Å². The molecule has 136 valence electrons. The van der Waals surface area contributed by atoms with Gasteiger partial charge in [0, 0.05) is 6.07 Å². The Bertz CT molecular complexity index is 1200. The van der Waals surface area contributed by atoms with Crippen LogP contribution in [0.1, 0.15) is 11.4 Å². The van der Waals surface area contributed by atoms with Crippen LogP contribution in [0, 0.1) is 13.8 Å². The Labute approximate surface area is 167 Å². The van der Waals surface area contributed by atoms with Crippen molar-refractivity contribution < 1.29 is 0 Å². The summed E-state index contributed by atoms with van der Waals surface area (Å²) in [6.45, 7) is 3.63. The first kappa shape index (κ1) is 17.8. The Kier molecular flexibility index (Phi) is 4.55. The van der Waals surface area contributed by atoms with Gasteiger partial charge >= 0.3 is 0 Å². The van der Waals surface area contributed by atoms with Crippen LogP contribution in [-0.2, 0) is 0 Å². The van der Waals surface area contributed by atoms with E-state index >= 15 is 0 Å². The van der Waals surface area contributed by atoms with Gasteiger partial charge < -0.3 is 5.32 Å². The van der Waals surface area contributed by atoms with Crippen LogP contribution in [0.2, 0.25) is 10.2 Å². The number of anilines is 2. The number of hydrogen-bond acceptors (Lipinski definition) is 7. The standard InChI is InChI=1S/C17H12Cl2N6OS/c1-8-4-3-5-10(18)13(8)25-7-20-15-14(16(25)26)27-17(24-15)23-12-6-11(19)21-9(2)22-12/h3-7H,1-2H3,(H,21,22,23,24). The molecule has 0 aliphatic heterocycles. The quantitative estimate of drug-likeness (QED) is 0.499. The molecule has 0 atom stereocenters. The largest absolute Gasteiger partial charge is 0.316 e. The average Bonchev–Trinajstić information content (AvgIpc) is 2.99. The van der Waals surface area contributed by atoms with E-state index in [-0.39, 0.29) is 5.56 Å². The highest BCUT2D eigenvalue weighted by atomic mass is 35.5. The molecule has 7 nitrogen and oxygen atoms in total. The number of nitrogens with zero attached hydrogens (tertiary/aromatic N) is 5. The lowest BCUT2D eigenvalue weighted by Gasteiger charge is -2.10. The molecule has 3 heterocycles. The number of aryl methyl sites for hydroxylation is 2. The van der Waals surface area contributed by atoms with Gasteiger partial charge in [-0.3, -0.25) is 9.36 Å².